The molecule has 1 fully saturated rings. The number of carbonyl (C=O) groups is 1. The van der Waals surface area contributed by atoms with Gasteiger partial charge >= 0.3 is 0 Å². The maximum Gasteiger partial charge on any atom is 0.255 e. The highest BCUT2D eigenvalue weighted by atomic mass is 19.1. The van der Waals surface area contributed by atoms with Gasteiger partial charge in [-0.2, -0.15) is 0 Å². The summed E-state index contributed by atoms with van der Waals surface area (Å²) < 4.78 is 23.0. The minimum absolute atomic E-state index is 0.0694. The molecule has 0 radical (unpaired) electrons. The van der Waals surface area contributed by atoms with Crippen molar-refractivity contribution >= 4 is 45.2 Å². The van der Waals surface area contributed by atoms with Crippen LogP contribution in [0.2, 0.25) is 0 Å². The van der Waals surface area contributed by atoms with Gasteiger partial charge < -0.3 is 15.0 Å². The number of amides is 1. The van der Waals surface area contributed by atoms with Crippen molar-refractivity contribution in [3.05, 3.63) is 72.0 Å². The molecule has 4 heterocycles. The number of nitrogens with one attached hydrogen (secondary N) is 1. The third-order valence-electron chi connectivity index (χ3n) is 7.27. The molecule has 42 heavy (non-hydrogen) atoms. The number of nitrogens with zero attached hydrogens (tertiary/aromatic N) is 8. The molecule has 0 spiro atoms. The van der Waals surface area contributed by atoms with E-state index in [-0.39, 0.29) is 17.5 Å². The quantitative estimate of drug-likeness (QED) is 0.278. The standard InChI is InChI=1S/C30H30FN9O2/c1-17-10-23(22(31)13-27(17)42-19-6-7-26-24(11-19)36-37-39(26)5)35-29-21-12-28(32-14-25(21)33-16-34-29)40-15-18(2)20(30(40)41)8-9-38(3)4/h6-8,10-14,16,18H,9,15H2,1-5H3,(H,33,34,35)/b20-8+/t18-/m0/s1. The molecule has 2 aromatic carbocycles. The molecule has 214 valence electrons. The lowest BCUT2D eigenvalue weighted by atomic mass is 10.0. The summed E-state index contributed by atoms with van der Waals surface area (Å²) in [6.07, 6.45) is 4.96. The highest BCUT2D eigenvalue weighted by molar-refractivity contribution is 6.09. The van der Waals surface area contributed by atoms with E-state index in [1.165, 1.54) is 12.4 Å². The number of benzene rings is 2. The van der Waals surface area contributed by atoms with Crippen LogP contribution in [0.3, 0.4) is 0 Å². The van der Waals surface area contributed by atoms with Crippen molar-refractivity contribution in [2.24, 2.45) is 13.0 Å². The molecule has 0 saturated carbocycles. The Morgan fingerprint density at radius 3 is 2.79 bits per heavy atom. The van der Waals surface area contributed by atoms with Crippen molar-refractivity contribution in [2.45, 2.75) is 13.8 Å². The predicted molar refractivity (Wildman–Crippen MR) is 158 cm³/mol. The van der Waals surface area contributed by atoms with Gasteiger partial charge in [-0.05, 0) is 50.8 Å². The predicted octanol–water partition coefficient (Wildman–Crippen LogP) is 4.76. The highest BCUT2D eigenvalue weighted by Crippen LogP contribution is 2.34. The Morgan fingerprint density at radius 1 is 1.14 bits per heavy atom. The van der Waals surface area contributed by atoms with Gasteiger partial charge in [0.25, 0.3) is 5.91 Å². The van der Waals surface area contributed by atoms with Crippen LogP contribution in [0.25, 0.3) is 21.9 Å². The van der Waals surface area contributed by atoms with Crippen molar-refractivity contribution in [2.75, 3.05) is 37.4 Å². The molecular formula is C30H30FN9O2. The van der Waals surface area contributed by atoms with E-state index >= 15 is 4.39 Å². The largest absolute Gasteiger partial charge is 0.457 e. The Labute approximate surface area is 241 Å². The molecule has 1 atom stereocenters. The first kappa shape index (κ1) is 27.2. The van der Waals surface area contributed by atoms with Gasteiger partial charge in [0.15, 0.2) is 0 Å². The van der Waals surface area contributed by atoms with E-state index < -0.39 is 5.82 Å². The first-order chi connectivity index (χ1) is 20.2. The van der Waals surface area contributed by atoms with Gasteiger partial charge in [-0.3, -0.25) is 9.69 Å². The number of aromatic nitrogens is 6. The fourth-order valence-electron chi connectivity index (χ4n) is 4.99. The molecule has 12 heteroatoms. The first-order valence-corrected chi connectivity index (χ1v) is 13.5. The average Bonchev–Trinajstić information content (AvgIpc) is 3.47. The summed E-state index contributed by atoms with van der Waals surface area (Å²) in [5.41, 5.74) is 3.82. The summed E-state index contributed by atoms with van der Waals surface area (Å²) in [5, 5.41) is 11.8. The van der Waals surface area contributed by atoms with Crippen molar-refractivity contribution in [3.63, 3.8) is 0 Å². The SMILES string of the molecule is Cc1cc(Nc2ncnc3cnc(N4C[C@H](C)/C(=C\CN(C)C)C4=O)cc23)c(F)cc1Oc1ccc2c(c1)nnn2C. The molecule has 6 rings (SSSR count). The van der Waals surface area contributed by atoms with Crippen LogP contribution in [0, 0.1) is 18.7 Å². The van der Waals surface area contributed by atoms with E-state index in [0.717, 1.165) is 11.1 Å². The van der Waals surface area contributed by atoms with Gasteiger partial charge in [-0.25, -0.2) is 24.0 Å². The van der Waals surface area contributed by atoms with E-state index in [1.807, 2.05) is 52.0 Å². The summed E-state index contributed by atoms with van der Waals surface area (Å²) in [4.78, 5) is 30.1. The Hall–Kier alpha value is -4.97. The number of hydrogen-bond donors (Lipinski definition) is 1. The van der Waals surface area contributed by atoms with Gasteiger partial charge in [0.05, 0.1) is 22.9 Å². The molecule has 1 saturated heterocycles. The third kappa shape index (κ3) is 5.12. The van der Waals surface area contributed by atoms with Crippen molar-refractivity contribution in [1.29, 1.82) is 0 Å². The van der Waals surface area contributed by atoms with Gasteiger partial charge in [0.2, 0.25) is 0 Å². The molecule has 0 bridgehead atoms. The fourth-order valence-corrected chi connectivity index (χ4v) is 4.99. The molecule has 1 N–H and O–H groups in total. The van der Waals surface area contributed by atoms with Crippen LogP contribution < -0.4 is 15.0 Å². The first-order valence-electron chi connectivity index (χ1n) is 13.5. The maximum absolute atomic E-state index is 15.4. The number of rotatable bonds is 7. The van der Waals surface area contributed by atoms with Crippen LogP contribution in [0.15, 0.2) is 60.6 Å². The maximum atomic E-state index is 15.4. The second kappa shape index (κ2) is 10.8. The molecule has 1 aliphatic heterocycles. The van der Waals surface area contributed by atoms with Crippen LogP contribution in [0.4, 0.5) is 21.7 Å². The number of halogens is 1. The zero-order chi connectivity index (χ0) is 29.5. The number of hydrogen-bond acceptors (Lipinski definition) is 9. The van der Waals surface area contributed by atoms with Crippen molar-refractivity contribution in [3.8, 4) is 11.5 Å². The highest BCUT2D eigenvalue weighted by Gasteiger charge is 2.34. The summed E-state index contributed by atoms with van der Waals surface area (Å²) in [7, 11) is 5.74. The molecule has 5 aromatic rings. The number of pyridine rings is 1. The van der Waals surface area contributed by atoms with Gasteiger partial charge in [0.1, 0.15) is 40.8 Å². The summed E-state index contributed by atoms with van der Waals surface area (Å²) in [6.45, 7) is 5.07. The van der Waals surface area contributed by atoms with Crippen LogP contribution >= 0.6 is 0 Å². The number of ether oxygens (including phenoxy) is 1. The van der Waals surface area contributed by atoms with Crippen LogP contribution in [0.5, 0.6) is 11.5 Å². The summed E-state index contributed by atoms with van der Waals surface area (Å²) >= 11 is 0. The van der Waals surface area contributed by atoms with Crippen LogP contribution in [0.1, 0.15) is 12.5 Å². The Balaban J connectivity index is 1.27. The molecule has 1 amide bonds. The second-order valence-electron chi connectivity index (χ2n) is 10.7. The number of fused-ring (bicyclic) bond motifs is 2. The van der Waals surface area contributed by atoms with Gasteiger partial charge in [-0.1, -0.05) is 18.2 Å². The number of likely N-dealkylation sites (N-methyl/N-ethyl adjacent to an activating group) is 1. The lowest BCUT2D eigenvalue weighted by Gasteiger charge is -2.16. The summed E-state index contributed by atoms with van der Waals surface area (Å²) in [6, 6.07) is 10.2. The molecular weight excluding hydrogens is 537 g/mol. The average molecular weight is 568 g/mol. The van der Waals surface area contributed by atoms with E-state index in [0.29, 0.717) is 58.2 Å². The van der Waals surface area contributed by atoms with Crippen LogP contribution in [-0.4, -0.2) is 67.9 Å². The number of anilines is 3. The van der Waals surface area contributed by atoms with Crippen molar-refractivity contribution < 1.29 is 13.9 Å². The minimum Gasteiger partial charge on any atom is -0.457 e. The monoisotopic (exact) mass is 567 g/mol. The lowest BCUT2D eigenvalue weighted by Crippen LogP contribution is -2.26. The molecule has 11 nitrogen and oxygen atoms in total. The molecule has 0 unspecified atom stereocenters. The molecule has 1 aliphatic rings. The Morgan fingerprint density at radius 2 is 1.98 bits per heavy atom. The third-order valence-corrected chi connectivity index (χ3v) is 7.27. The van der Waals surface area contributed by atoms with Gasteiger partial charge in [0, 0.05) is 49.1 Å². The van der Waals surface area contributed by atoms with E-state index in [9.17, 15) is 4.79 Å². The van der Waals surface area contributed by atoms with Crippen LogP contribution in [-0.2, 0) is 11.8 Å². The number of carbonyl (C=O) groups excluding carboxylic acids is 1. The zero-order valence-electron chi connectivity index (χ0n) is 24.0. The Kier molecular flexibility index (Phi) is 6.99. The smallest absolute Gasteiger partial charge is 0.255 e. The summed E-state index contributed by atoms with van der Waals surface area (Å²) in [5.74, 6) is 1.27. The van der Waals surface area contributed by atoms with E-state index in [2.05, 4.69) is 30.6 Å². The second-order valence-corrected chi connectivity index (χ2v) is 10.7. The normalized spacial score (nSPS) is 16.4. The topological polar surface area (TPSA) is 114 Å². The van der Waals surface area contributed by atoms with E-state index in [1.54, 1.807) is 40.0 Å². The fraction of sp³-hybridized carbons (Fsp3) is 0.267. The Bertz CT molecular complexity index is 1870. The van der Waals surface area contributed by atoms with Crippen molar-refractivity contribution in [1.82, 2.24) is 34.8 Å². The lowest BCUT2D eigenvalue weighted by molar-refractivity contribution is -0.114. The minimum atomic E-state index is -0.517. The number of aryl methyl sites for hydroxylation is 2. The van der Waals surface area contributed by atoms with E-state index in [4.69, 9.17) is 4.74 Å². The molecule has 0 aliphatic carbocycles. The molecule has 3 aromatic heterocycles. The zero-order valence-corrected chi connectivity index (χ0v) is 24.0. The van der Waals surface area contributed by atoms with Gasteiger partial charge in [-0.15, -0.1) is 5.10 Å².